The monoisotopic (exact) mass is 263 g/mol. The summed E-state index contributed by atoms with van der Waals surface area (Å²) in [5.74, 6) is 1.06. The number of halogens is 1. The standard InChI is InChI=1S/C14H18FN3O/c1-4-12-16-13(5-2)18(17-12)11-8-6-7-10(15)14(11)9(3)19/h6-9,19H,4-5H2,1-3H3/t9-/m1/s1. The molecule has 0 aliphatic carbocycles. The van der Waals surface area contributed by atoms with E-state index in [1.807, 2.05) is 13.8 Å². The summed E-state index contributed by atoms with van der Waals surface area (Å²) >= 11 is 0. The molecule has 102 valence electrons. The Bertz CT molecular complexity index is 578. The van der Waals surface area contributed by atoms with E-state index in [4.69, 9.17) is 0 Å². The second kappa shape index (κ2) is 5.48. The summed E-state index contributed by atoms with van der Waals surface area (Å²) in [6.07, 6.45) is 0.525. The highest BCUT2D eigenvalue weighted by atomic mass is 19.1. The zero-order chi connectivity index (χ0) is 14.0. The second-order valence-electron chi connectivity index (χ2n) is 4.41. The number of hydrogen-bond donors (Lipinski definition) is 1. The van der Waals surface area contributed by atoms with Crippen LogP contribution in [0.5, 0.6) is 0 Å². The molecule has 0 aliphatic rings. The summed E-state index contributed by atoms with van der Waals surface area (Å²) in [6, 6.07) is 4.70. The lowest BCUT2D eigenvalue weighted by atomic mass is 10.1. The molecule has 4 nitrogen and oxygen atoms in total. The summed E-state index contributed by atoms with van der Waals surface area (Å²) in [4.78, 5) is 4.40. The highest BCUT2D eigenvalue weighted by Gasteiger charge is 2.18. The molecule has 0 unspecified atom stereocenters. The van der Waals surface area contributed by atoms with Crippen LogP contribution < -0.4 is 0 Å². The van der Waals surface area contributed by atoms with Gasteiger partial charge in [-0.3, -0.25) is 0 Å². The maximum atomic E-state index is 13.9. The molecule has 0 amide bonds. The molecule has 1 N–H and O–H groups in total. The molecule has 0 spiro atoms. The largest absolute Gasteiger partial charge is 0.389 e. The number of aromatic nitrogens is 3. The van der Waals surface area contributed by atoms with Gasteiger partial charge in [0.05, 0.1) is 11.8 Å². The van der Waals surface area contributed by atoms with Crippen LogP contribution in [0.3, 0.4) is 0 Å². The average Bonchev–Trinajstić information content (AvgIpc) is 2.81. The van der Waals surface area contributed by atoms with Crippen molar-refractivity contribution < 1.29 is 9.50 Å². The van der Waals surface area contributed by atoms with Crippen molar-refractivity contribution in [2.45, 2.75) is 39.7 Å². The Labute approximate surface area is 111 Å². The normalized spacial score (nSPS) is 12.7. The minimum Gasteiger partial charge on any atom is -0.389 e. The van der Waals surface area contributed by atoms with Gasteiger partial charge in [0.25, 0.3) is 0 Å². The van der Waals surface area contributed by atoms with Crippen LogP contribution in [-0.2, 0) is 12.8 Å². The maximum absolute atomic E-state index is 13.9. The SMILES string of the molecule is CCc1nc(CC)n(-c2cccc(F)c2[C@@H](C)O)n1. The summed E-state index contributed by atoms with van der Waals surface area (Å²) in [5.41, 5.74) is 0.809. The van der Waals surface area contributed by atoms with Crippen LogP contribution in [0.25, 0.3) is 5.69 Å². The first-order chi connectivity index (χ1) is 9.08. The van der Waals surface area contributed by atoms with Gasteiger partial charge in [0.15, 0.2) is 5.82 Å². The fraction of sp³-hybridized carbons (Fsp3) is 0.429. The Morgan fingerprint density at radius 1 is 1.32 bits per heavy atom. The van der Waals surface area contributed by atoms with Gasteiger partial charge in [0.2, 0.25) is 0 Å². The molecular formula is C14H18FN3O. The molecule has 2 rings (SSSR count). The van der Waals surface area contributed by atoms with Crippen molar-refractivity contribution in [2.24, 2.45) is 0 Å². The number of aliphatic hydroxyl groups is 1. The zero-order valence-electron chi connectivity index (χ0n) is 11.4. The van der Waals surface area contributed by atoms with E-state index >= 15 is 0 Å². The van der Waals surface area contributed by atoms with Gasteiger partial charge in [-0.2, -0.15) is 5.10 Å². The van der Waals surface area contributed by atoms with Gasteiger partial charge in [-0.25, -0.2) is 14.1 Å². The first-order valence-electron chi connectivity index (χ1n) is 6.50. The van der Waals surface area contributed by atoms with Crippen LogP contribution in [0.4, 0.5) is 4.39 Å². The van der Waals surface area contributed by atoms with Gasteiger partial charge in [-0.15, -0.1) is 0 Å². The summed E-state index contributed by atoms with van der Waals surface area (Å²) < 4.78 is 15.5. The number of aliphatic hydroxyl groups excluding tert-OH is 1. The summed E-state index contributed by atoms with van der Waals surface area (Å²) in [7, 11) is 0. The van der Waals surface area contributed by atoms with Crippen molar-refractivity contribution in [3.63, 3.8) is 0 Å². The van der Waals surface area contributed by atoms with Crippen molar-refractivity contribution in [3.05, 3.63) is 41.2 Å². The third-order valence-corrected chi connectivity index (χ3v) is 3.03. The van der Waals surface area contributed by atoms with E-state index in [1.54, 1.807) is 23.7 Å². The van der Waals surface area contributed by atoms with E-state index < -0.39 is 11.9 Å². The smallest absolute Gasteiger partial charge is 0.151 e. The Morgan fingerprint density at radius 3 is 2.63 bits per heavy atom. The molecule has 1 aromatic heterocycles. The fourth-order valence-corrected chi connectivity index (χ4v) is 2.09. The molecule has 0 saturated heterocycles. The van der Waals surface area contributed by atoms with E-state index in [1.165, 1.54) is 6.07 Å². The Hall–Kier alpha value is -1.75. The minimum absolute atomic E-state index is 0.254. The van der Waals surface area contributed by atoms with Gasteiger partial charge >= 0.3 is 0 Å². The summed E-state index contributed by atoms with van der Waals surface area (Å²) in [5, 5.41) is 14.2. The molecular weight excluding hydrogens is 245 g/mol. The van der Waals surface area contributed by atoms with Crippen molar-refractivity contribution >= 4 is 0 Å². The minimum atomic E-state index is -0.893. The van der Waals surface area contributed by atoms with Crippen molar-refractivity contribution in [1.29, 1.82) is 0 Å². The fourth-order valence-electron chi connectivity index (χ4n) is 2.09. The Morgan fingerprint density at radius 2 is 2.05 bits per heavy atom. The third kappa shape index (κ3) is 2.51. The number of hydrogen-bond acceptors (Lipinski definition) is 3. The van der Waals surface area contributed by atoms with Crippen LogP contribution in [0.15, 0.2) is 18.2 Å². The van der Waals surface area contributed by atoms with Gasteiger partial charge in [-0.05, 0) is 19.1 Å². The van der Waals surface area contributed by atoms with Crippen LogP contribution in [0.2, 0.25) is 0 Å². The molecule has 19 heavy (non-hydrogen) atoms. The number of benzene rings is 1. The van der Waals surface area contributed by atoms with Crippen LogP contribution in [0, 0.1) is 5.82 Å². The van der Waals surface area contributed by atoms with Gasteiger partial charge in [0.1, 0.15) is 11.6 Å². The lowest BCUT2D eigenvalue weighted by Gasteiger charge is -2.14. The molecule has 2 aromatic rings. The number of rotatable bonds is 4. The maximum Gasteiger partial charge on any atom is 0.151 e. The van der Waals surface area contributed by atoms with E-state index in [9.17, 15) is 9.50 Å². The molecule has 1 aromatic carbocycles. The van der Waals surface area contributed by atoms with Crippen molar-refractivity contribution in [1.82, 2.24) is 14.8 Å². The Balaban J connectivity index is 2.64. The molecule has 0 radical (unpaired) electrons. The Kier molecular flexibility index (Phi) is 3.95. The topological polar surface area (TPSA) is 50.9 Å². The highest BCUT2D eigenvalue weighted by molar-refractivity contribution is 5.43. The van der Waals surface area contributed by atoms with E-state index in [0.29, 0.717) is 12.1 Å². The quantitative estimate of drug-likeness (QED) is 0.922. The molecule has 0 saturated carbocycles. The van der Waals surface area contributed by atoms with Crippen LogP contribution in [0.1, 0.15) is 44.1 Å². The van der Waals surface area contributed by atoms with Crippen LogP contribution in [-0.4, -0.2) is 19.9 Å². The van der Waals surface area contributed by atoms with Gasteiger partial charge in [-0.1, -0.05) is 19.9 Å². The van der Waals surface area contributed by atoms with Gasteiger partial charge in [0, 0.05) is 18.4 Å². The number of nitrogens with zero attached hydrogens (tertiary/aromatic N) is 3. The van der Waals surface area contributed by atoms with Crippen molar-refractivity contribution in [3.8, 4) is 5.69 Å². The lowest BCUT2D eigenvalue weighted by molar-refractivity contribution is 0.193. The molecule has 5 heteroatoms. The molecule has 0 aliphatic heterocycles. The zero-order valence-corrected chi connectivity index (χ0v) is 11.4. The average molecular weight is 263 g/mol. The second-order valence-corrected chi connectivity index (χ2v) is 4.41. The third-order valence-electron chi connectivity index (χ3n) is 3.03. The van der Waals surface area contributed by atoms with Crippen LogP contribution >= 0.6 is 0 Å². The molecule has 1 heterocycles. The van der Waals surface area contributed by atoms with Gasteiger partial charge < -0.3 is 5.11 Å². The molecule has 0 bridgehead atoms. The number of aryl methyl sites for hydroxylation is 2. The first-order valence-corrected chi connectivity index (χ1v) is 6.50. The highest BCUT2D eigenvalue weighted by Crippen LogP contribution is 2.25. The van der Waals surface area contributed by atoms with E-state index in [2.05, 4.69) is 10.1 Å². The summed E-state index contributed by atoms with van der Waals surface area (Å²) in [6.45, 7) is 5.49. The lowest BCUT2D eigenvalue weighted by Crippen LogP contribution is -2.09. The first kappa shape index (κ1) is 13.7. The van der Waals surface area contributed by atoms with Crippen molar-refractivity contribution in [2.75, 3.05) is 0 Å². The predicted octanol–water partition coefficient (Wildman–Crippen LogP) is 2.58. The molecule has 0 fully saturated rings. The van der Waals surface area contributed by atoms with E-state index in [-0.39, 0.29) is 5.56 Å². The van der Waals surface area contributed by atoms with E-state index in [0.717, 1.165) is 18.1 Å². The molecule has 1 atom stereocenters. The predicted molar refractivity (Wildman–Crippen MR) is 70.7 cm³/mol.